The first-order valence-electron chi connectivity index (χ1n) is 38.6. The van der Waals surface area contributed by atoms with Gasteiger partial charge in [-0.3, -0.25) is 22.8 Å². The lowest BCUT2D eigenvalue weighted by atomic mass is 10.0. The Balaban J connectivity index is 0.000000252. The molecule has 0 saturated carbocycles. The maximum absolute atomic E-state index is 14.2. The monoisotopic (exact) mass is 2300 g/mol. The van der Waals surface area contributed by atoms with Gasteiger partial charge in [0.1, 0.15) is 106 Å². The number of hydrogen-bond acceptors (Lipinski definition) is 25. The maximum atomic E-state index is 14.2. The van der Waals surface area contributed by atoms with Gasteiger partial charge in [-0.05, 0) is 227 Å². The second kappa shape index (κ2) is 50.1. The molecule has 7 aromatic carbocycles. The average molecular weight is 2300 g/mol. The fourth-order valence-electron chi connectivity index (χ4n) is 11.3. The number of phenols is 5. The summed E-state index contributed by atoms with van der Waals surface area (Å²) in [7, 11) is -15.1. The van der Waals surface area contributed by atoms with E-state index in [1.54, 1.807) is 67.3 Å². The van der Waals surface area contributed by atoms with Crippen LogP contribution in [0.4, 0.5) is 30.6 Å². The molecule has 131 heavy (non-hydrogen) atoms. The van der Waals surface area contributed by atoms with E-state index in [0.717, 1.165) is 32.7 Å². The zero-order valence-electron chi connectivity index (χ0n) is 72.3. The number of benzene rings is 7. The van der Waals surface area contributed by atoms with E-state index in [1.165, 1.54) is 50.6 Å². The molecule has 2 atom stereocenters. The number of pyridine rings is 3. The van der Waals surface area contributed by atoms with E-state index in [-0.39, 0.29) is 132 Å². The van der Waals surface area contributed by atoms with Crippen LogP contribution in [0.2, 0.25) is 30.1 Å². The third-order valence-corrected chi connectivity index (χ3v) is 28.0. The molecule has 30 nitrogen and oxygen atoms in total. The standard InChI is InChI=1S/C19H23Br2O4P.C17H20Cl2FN2O5P.C16H17Br2O5P.C16H18Cl2FN2O5P.C15H16Cl2FN2O5P/c1-5-24-26(4,23)11-13-8-16(20)19(17(21)9-13)25-14-6-7-18(22)15(10-14)12(2)3;1-9(2)11-7-10(5-6-12(11)23)27-15-13(18)16(20)22-17(14(15)19)21-8-28(24,25-3)26-4;1-9(2)12-7-11(3-4-15(12)19)23-16-13(17)5-10(6-14(16)18)8-24(20,21)22;1-8(2)10-6-9(4-5-11(10)22)26-14-12(17)15(19)21-16(13(14)18)20-7-27(23,24)25-3;1-7(2)9-5-8(3-4-10(9)21)25-13-11(16)14(18)20-15(12(13)17)19-6-26(22,23)24/h6-10,12,22H,5,11H2,1-4H3;5-7,9,23H,8H2,1-4H3,(H,21,22);3-7,9,19H,8H2,1-2H3,(H2,20,21,22);4-6,8,22H,7H2,1-3H3,(H,20,21)(H,23,24);3-5,7,21H,6H2,1-2H3,(H,19,20)(H2,22,23,24). The van der Waals surface area contributed by atoms with Crippen molar-refractivity contribution in [3.8, 4) is 86.2 Å². The van der Waals surface area contributed by atoms with Crippen molar-refractivity contribution >= 4 is 189 Å². The first-order valence-corrected chi connectivity index (χ1v) is 53.4. The Morgan fingerprint density at radius 1 is 0.366 bits per heavy atom. The summed E-state index contributed by atoms with van der Waals surface area (Å²) in [5.41, 5.74) is 4.84. The van der Waals surface area contributed by atoms with Crippen molar-refractivity contribution in [1.82, 2.24) is 15.0 Å². The number of rotatable bonds is 33. The SMILES string of the molecule is CC(C)c1cc(Oc2c(Br)cc(CP(=O)(O)O)cc2Br)ccc1O.CC(C)c1cc(Oc2c(Cl)c(F)nc(NCP(=O)(O)O)c2Cl)ccc1O.CCOP(C)(=O)Cc1cc(Br)c(Oc2ccc(O)c(C(C)C)c2)c(Br)c1.COP(=O)(CNc1nc(F)c(Cl)c(Oc2ccc(O)c(C(C)C)c2)c1Cl)OC.COP(=O)(O)CNc1nc(F)c(Cl)c(Oc2ccc(O)c(C(C)C)c2)c1Cl. The van der Waals surface area contributed by atoms with Crippen LogP contribution in [-0.2, 0) is 53.2 Å². The number of nitrogens with one attached hydrogen (secondary N) is 3. The first kappa shape index (κ1) is 113. The quantitative estimate of drug-likeness (QED) is 0.0134. The van der Waals surface area contributed by atoms with E-state index in [1.807, 2.05) is 94.4 Å². The van der Waals surface area contributed by atoms with Crippen molar-refractivity contribution in [2.45, 2.75) is 118 Å². The topological polar surface area (TPSA) is 445 Å². The Bertz CT molecular complexity index is 5930. The van der Waals surface area contributed by atoms with Gasteiger partial charge in [0.05, 0.1) is 30.7 Å². The highest BCUT2D eigenvalue weighted by Gasteiger charge is 2.30. The molecular weight excluding hydrogens is 2210 g/mol. The van der Waals surface area contributed by atoms with Crippen molar-refractivity contribution in [3.05, 3.63) is 220 Å². The summed E-state index contributed by atoms with van der Waals surface area (Å²) in [6.45, 7) is 23.2. The lowest BCUT2D eigenvalue weighted by Gasteiger charge is -2.17. The molecule has 0 saturated heterocycles. The largest absolute Gasteiger partial charge is 0.508 e. The molecule has 0 aliphatic carbocycles. The number of nitrogens with zero attached hydrogens (tertiary/aromatic N) is 3. The van der Waals surface area contributed by atoms with Gasteiger partial charge in [-0.2, -0.15) is 28.1 Å². The van der Waals surface area contributed by atoms with Crippen molar-refractivity contribution in [2.75, 3.05) is 69.4 Å². The van der Waals surface area contributed by atoms with Crippen LogP contribution in [-0.4, -0.2) is 118 Å². The van der Waals surface area contributed by atoms with Crippen LogP contribution < -0.4 is 39.6 Å². The Kier molecular flexibility index (Phi) is 43.4. The lowest BCUT2D eigenvalue weighted by Crippen LogP contribution is -2.08. The van der Waals surface area contributed by atoms with Crippen LogP contribution in [0.5, 0.6) is 86.2 Å². The highest BCUT2D eigenvalue weighted by Crippen LogP contribution is 2.53. The molecule has 0 spiro atoms. The fraction of sp³-hybridized carbons (Fsp3) is 0.313. The summed E-state index contributed by atoms with van der Waals surface area (Å²) in [6.07, 6.45) is -1.63. The molecule has 0 aliphatic heterocycles. The number of hydrogen-bond donors (Lipinski definition) is 13. The van der Waals surface area contributed by atoms with Crippen molar-refractivity contribution in [2.24, 2.45) is 0 Å². The number of phenolic OH excluding ortho intramolecular Hbond substituents is 5. The van der Waals surface area contributed by atoms with E-state index in [0.29, 0.717) is 72.7 Å². The third kappa shape index (κ3) is 34.1. The number of halogens is 13. The molecule has 716 valence electrons. The van der Waals surface area contributed by atoms with Gasteiger partial charge >= 0.3 is 30.4 Å². The molecule has 0 bridgehead atoms. The predicted octanol–water partition coefficient (Wildman–Crippen LogP) is 28.8. The number of anilines is 3. The summed E-state index contributed by atoms with van der Waals surface area (Å²) in [5, 5.41) is 54.9. The van der Waals surface area contributed by atoms with Crippen molar-refractivity contribution < 1.29 is 128 Å². The minimum atomic E-state index is -4.42. The van der Waals surface area contributed by atoms with E-state index in [2.05, 4.69) is 99.1 Å². The fourth-order valence-corrected chi connectivity index (χ4v) is 19.3. The lowest BCUT2D eigenvalue weighted by molar-refractivity contribution is 0.277. The molecule has 0 amide bonds. The van der Waals surface area contributed by atoms with Gasteiger partial charge in [0.25, 0.3) is 0 Å². The van der Waals surface area contributed by atoms with Gasteiger partial charge in [-0.1, -0.05) is 139 Å². The van der Waals surface area contributed by atoms with E-state index in [4.69, 9.17) is 126 Å². The highest BCUT2D eigenvalue weighted by molar-refractivity contribution is 9.11. The van der Waals surface area contributed by atoms with Crippen molar-refractivity contribution in [1.29, 1.82) is 0 Å². The first-order chi connectivity index (χ1) is 60.8. The molecule has 0 radical (unpaired) electrons. The van der Waals surface area contributed by atoms with Gasteiger partial charge in [0, 0.05) is 62.0 Å². The van der Waals surface area contributed by atoms with Crippen LogP contribution in [0.25, 0.3) is 0 Å². The molecule has 2 unspecified atom stereocenters. The molecule has 3 aromatic heterocycles. The summed E-state index contributed by atoms with van der Waals surface area (Å²) in [4.78, 5) is 56.0. The normalized spacial score (nSPS) is 12.5. The van der Waals surface area contributed by atoms with Crippen LogP contribution in [0.15, 0.2) is 133 Å². The maximum Gasteiger partial charge on any atom is 0.349 e. The molecular formula is C83H94Br4Cl6F3N6O24P5. The Hall–Kier alpha value is -6.37. The van der Waals surface area contributed by atoms with E-state index in [9.17, 15) is 66.4 Å². The van der Waals surface area contributed by atoms with Gasteiger partial charge in [0.2, 0.25) is 25.2 Å². The smallest absolute Gasteiger partial charge is 0.349 e. The Labute approximate surface area is 818 Å². The van der Waals surface area contributed by atoms with Gasteiger partial charge < -0.3 is 108 Å². The molecule has 0 aliphatic rings. The summed E-state index contributed by atoms with van der Waals surface area (Å²) >= 11 is 50.1. The zero-order valence-corrected chi connectivity index (χ0v) is 87.6. The minimum Gasteiger partial charge on any atom is -0.508 e. The number of aromatic nitrogens is 3. The van der Waals surface area contributed by atoms with Gasteiger partial charge in [-0.25, -0.2) is 0 Å². The molecule has 10 rings (SSSR count). The van der Waals surface area contributed by atoms with Gasteiger partial charge in [-0.15, -0.1) is 0 Å². The summed E-state index contributed by atoms with van der Waals surface area (Å²) < 4.78 is 151. The molecule has 13 N–H and O–H groups in total. The predicted molar refractivity (Wildman–Crippen MR) is 518 cm³/mol. The average Bonchev–Trinajstić information content (AvgIpc) is 0.800. The minimum absolute atomic E-state index is 0.000787. The molecule has 3 heterocycles. The van der Waals surface area contributed by atoms with Gasteiger partial charge in [0.15, 0.2) is 46.2 Å². The van der Waals surface area contributed by atoms with E-state index < -0.39 is 83.2 Å². The Morgan fingerprint density at radius 3 is 0.855 bits per heavy atom. The highest BCUT2D eigenvalue weighted by atomic mass is 79.9. The summed E-state index contributed by atoms with van der Waals surface area (Å²) in [6, 6.07) is 30.6. The molecule has 48 heteroatoms. The van der Waals surface area contributed by atoms with E-state index >= 15 is 0 Å². The Morgan fingerprint density at radius 2 is 0.618 bits per heavy atom. The van der Waals surface area contributed by atoms with Crippen LogP contribution in [0, 0.1) is 17.8 Å². The second-order valence-electron chi connectivity index (χ2n) is 29.7. The van der Waals surface area contributed by atoms with Crippen LogP contribution in [0.3, 0.4) is 0 Å². The number of aromatic hydroxyl groups is 5. The zero-order chi connectivity index (χ0) is 98.6. The summed E-state index contributed by atoms with van der Waals surface area (Å²) in [5.74, 6) is -0.379. The third-order valence-electron chi connectivity index (χ3n) is 17.8. The molecule has 0 fully saturated rings. The second-order valence-corrected chi connectivity index (χ2v) is 45.5. The van der Waals surface area contributed by atoms with Crippen LogP contribution >= 0.6 is 171 Å². The van der Waals surface area contributed by atoms with Crippen molar-refractivity contribution in [3.63, 3.8) is 0 Å². The number of ether oxygens (including phenoxy) is 5. The molecule has 10 aromatic rings. The van der Waals surface area contributed by atoms with Crippen LogP contribution in [0.1, 0.15) is 145 Å².